The number of nitrogens with zero attached hydrogens (tertiary/aromatic N) is 5. The predicted molar refractivity (Wildman–Crippen MR) is 128 cm³/mol. The Morgan fingerprint density at radius 2 is 1.94 bits per heavy atom. The highest BCUT2D eigenvalue weighted by Crippen LogP contribution is 2.33. The molecule has 0 bridgehead atoms. The number of hydrogen-bond donors (Lipinski definition) is 1. The Morgan fingerprint density at radius 3 is 2.67 bits per heavy atom. The molecule has 1 atom stereocenters. The van der Waals surface area contributed by atoms with Gasteiger partial charge in [0.25, 0.3) is 0 Å². The average Bonchev–Trinajstić information content (AvgIpc) is 3.17. The molecule has 4 rings (SSSR count). The number of likely N-dealkylation sites (N-methyl/N-ethyl adjacent to an activating group) is 1. The highest BCUT2D eigenvalue weighted by molar-refractivity contribution is 7.59. The lowest BCUT2D eigenvalue weighted by Crippen LogP contribution is -2.49. The van der Waals surface area contributed by atoms with Gasteiger partial charge in [-0.2, -0.15) is 18.6 Å². The Labute approximate surface area is 198 Å². The maximum Gasteiger partial charge on any atom is 0.247 e. The predicted octanol–water partition coefficient (Wildman–Crippen LogP) is 3.62. The lowest BCUT2D eigenvalue weighted by molar-refractivity contribution is -0.118. The van der Waals surface area contributed by atoms with Crippen LogP contribution in [0.25, 0.3) is 0 Å². The van der Waals surface area contributed by atoms with Gasteiger partial charge in [0.05, 0.1) is 18.4 Å². The van der Waals surface area contributed by atoms with Gasteiger partial charge < -0.3 is 10.2 Å². The van der Waals surface area contributed by atoms with E-state index in [1.54, 1.807) is 10.9 Å². The Morgan fingerprint density at radius 1 is 1.18 bits per heavy atom. The Kier molecular flexibility index (Phi) is 7.36. The van der Waals surface area contributed by atoms with E-state index in [1.165, 1.54) is 6.07 Å². The van der Waals surface area contributed by atoms with Crippen LogP contribution in [0.4, 0.5) is 20.3 Å². The molecule has 3 aromatic rings. The molecular formula is C23H28F2N6OS. The first-order chi connectivity index (χ1) is 15.2. The van der Waals surface area contributed by atoms with Crippen LogP contribution in [0.5, 0.6) is 0 Å². The van der Waals surface area contributed by atoms with Crippen LogP contribution in [0.3, 0.4) is 0 Å². The van der Waals surface area contributed by atoms with Crippen molar-refractivity contribution in [3.8, 4) is 0 Å². The number of fused-ring (bicyclic) bond motifs is 1. The van der Waals surface area contributed by atoms with Gasteiger partial charge in [0, 0.05) is 25.2 Å². The van der Waals surface area contributed by atoms with E-state index in [4.69, 9.17) is 4.98 Å². The average molecular weight is 475 g/mol. The molecule has 176 valence electrons. The van der Waals surface area contributed by atoms with Gasteiger partial charge in [-0.15, -0.1) is 0 Å². The summed E-state index contributed by atoms with van der Waals surface area (Å²) in [6.45, 7) is 6.03. The minimum atomic E-state index is -0.477. The lowest BCUT2D eigenvalue weighted by atomic mass is 9.99. The summed E-state index contributed by atoms with van der Waals surface area (Å²) in [5.41, 5.74) is 2.58. The van der Waals surface area contributed by atoms with Crippen LogP contribution in [0.2, 0.25) is 0 Å². The van der Waals surface area contributed by atoms with E-state index in [9.17, 15) is 13.6 Å². The number of benzene rings is 1. The van der Waals surface area contributed by atoms with Crippen molar-refractivity contribution in [2.75, 3.05) is 17.3 Å². The third-order valence-corrected chi connectivity index (χ3v) is 5.68. The number of aromatic nitrogens is 4. The molecule has 1 aliphatic rings. The van der Waals surface area contributed by atoms with Crippen LogP contribution in [0, 0.1) is 24.5 Å². The van der Waals surface area contributed by atoms with Gasteiger partial charge in [0.15, 0.2) is 5.82 Å². The summed E-state index contributed by atoms with van der Waals surface area (Å²) in [5.74, 6) is 0.558. The first-order valence-corrected chi connectivity index (χ1v) is 10.6. The second kappa shape index (κ2) is 9.86. The fourth-order valence-corrected chi connectivity index (χ4v) is 4.10. The van der Waals surface area contributed by atoms with Gasteiger partial charge >= 0.3 is 0 Å². The minimum absolute atomic E-state index is 0. The molecule has 1 aliphatic heterocycles. The van der Waals surface area contributed by atoms with E-state index in [0.717, 1.165) is 29.2 Å². The van der Waals surface area contributed by atoms with E-state index in [1.807, 2.05) is 38.9 Å². The van der Waals surface area contributed by atoms with Gasteiger partial charge in [-0.1, -0.05) is 13.8 Å². The zero-order valence-corrected chi connectivity index (χ0v) is 20.1. The van der Waals surface area contributed by atoms with Crippen molar-refractivity contribution in [1.82, 2.24) is 19.7 Å². The topological polar surface area (TPSA) is 75.9 Å². The molecular weight excluding hydrogens is 446 g/mol. The molecule has 0 unspecified atom stereocenters. The molecule has 1 amide bonds. The molecule has 0 spiro atoms. The molecule has 1 N–H and O–H groups in total. The molecule has 0 radical (unpaired) electrons. The van der Waals surface area contributed by atoms with Crippen LogP contribution in [0.15, 0.2) is 30.6 Å². The number of amides is 1. The largest absolute Gasteiger partial charge is 0.346 e. The standard InChI is InChI=1S/C23H26F2N6O.H2S/c1-13(2)21-23(32)29-20-14(3)27-19(28-22(20)30(21)4)8-5-15-10-26-31(11-15)12-16-9-17(24)6-7-18(16)25;/h6-7,9-11,13,21H,5,8,12H2,1-4H3,(H,29,32);1H2/t21-;/m0./s1. The van der Waals surface area contributed by atoms with Crippen molar-refractivity contribution in [2.45, 2.75) is 46.2 Å². The first kappa shape index (κ1) is 24.6. The zero-order chi connectivity index (χ0) is 23.0. The van der Waals surface area contributed by atoms with Crippen molar-refractivity contribution in [1.29, 1.82) is 0 Å². The Hall–Kier alpha value is -3.01. The molecule has 7 nitrogen and oxygen atoms in total. The van der Waals surface area contributed by atoms with Crippen molar-refractivity contribution >= 4 is 30.9 Å². The van der Waals surface area contributed by atoms with E-state index in [0.29, 0.717) is 24.4 Å². The van der Waals surface area contributed by atoms with Crippen LogP contribution in [-0.4, -0.2) is 38.7 Å². The first-order valence-electron chi connectivity index (χ1n) is 10.6. The molecule has 0 aliphatic carbocycles. The van der Waals surface area contributed by atoms with E-state index >= 15 is 0 Å². The fourth-order valence-electron chi connectivity index (χ4n) is 4.10. The number of anilines is 2. The maximum atomic E-state index is 13.9. The third-order valence-electron chi connectivity index (χ3n) is 5.68. The number of nitrogens with one attached hydrogen (secondary N) is 1. The fraction of sp³-hybridized carbons (Fsp3) is 0.391. The van der Waals surface area contributed by atoms with Crippen LogP contribution >= 0.6 is 13.5 Å². The van der Waals surface area contributed by atoms with Gasteiger partial charge in [-0.25, -0.2) is 18.7 Å². The normalized spacial score (nSPS) is 15.3. The van der Waals surface area contributed by atoms with Crippen molar-refractivity contribution < 1.29 is 13.6 Å². The monoisotopic (exact) mass is 474 g/mol. The highest BCUT2D eigenvalue weighted by Gasteiger charge is 2.35. The quantitative estimate of drug-likeness (QED) is 0.591. The Bertz CT molecular complexity index is 1170. The smallest absolute Gasteiger partial charge is 0.247 e. The van der Waals surface area contributed by atoms with Crippen LogP contribution in [-0.2, 0) is 24.2 Å². The second-order valence-electron chi connectivity index (χ2n) is 8.49. The SMILES string of the molecule is Cc1nc(CCc2cnn(Cc3cc(F)ccc3F)c2)nc2c1NC(=O)[C@H](C(C)C)N2C.S. The molecule has 0 saturated carbocycles. The van der Waals surface area contributed by atoms with Crippen molar-refractivity contribution in [3.63, 3.8) is 0 Å². The summed E-state index contributed by atoms with van der Waals surface area (Å²) in [6.07, 6.45) is 4.76. The molecule has 0 saturated heterocycles. The minimum Gasteiger partial charge on any atom is -0.346 e. The summed E-state index contributed by atoms with van der Waals surface area (Å²) >= 11 is 0. The van der Waals surface area contributed by atoms with E-state index in [-0.39, 0.29) is 43.5 Å². The molecule has 10 heteroatoms. The molecule has 0 fully saturated rings. The van der Waals surface area contributed by atoms with Gasteiger partial charge in [-0.3, -0.25) is 9.48 Å². The number of halogens is 2. The van der Waals surface area contributed by atoms with Crippen molar-refractivity contribution in [3.05, 3.63) is 64.9 Å². The molecule has 3 heterocycles. The number of carbonyl (C=O) groups is 1. The van der Waals surface area contributed by atoms with Gasteiger partial charge in [0.1, 0.15) is 29.2 Å². The van der Waals surface area contributed by atoms with Gasteiger partial charge in [-0.05, 0) is 43.0 Å². The molecule has 33 heavy (non-hydrogen) atoms. The summed E-state index contributed by atoms with van der Waals surface area (Å²) in [4.78, 5) is 23.7. The summed E-state index contributed by atoms with van der Waals surface area (Å²) < 4.78 is 28.9. The summed E-state index contributed by atoms with van der Waals surface area (Å²) in [7, 11) is 1.88. The summed E-state index contributed by atoms with van der Waals surface area (Å²) in [6, 6.07) is 3.11. The molecule has 2 aromatic heterocycles. The molecule has 1 aromatic carbocycles. The summed E-state index contributed by atoms with van der Waals surface area (Å²) in [5, 5.41) is 7.21. The third kappa shape index (κ3) is 5.16. The van der Waals surface area contributed by atoms with E-state index in [2.05, 4.69) is 15.4 Å². The van der Waals surface area contributed by atoms with Gasteiger partial charge in [0.2, 0.25) is 5.91 Å². The Balaban J connectivity index is 0.00000306. The van der Waals surface area contributed by atoms with Crippen LogP contribution in [0.1, 0.15) is 36.5 Å². The van der Waals surface area contributed by atoms with Crippen LogP contribution < -0.4 is 10.2 Å². The number of hydrogen-bond acceptors (Lipinski definition) is 5. The van der Waals surface area contributed by atoms with Crippen molar-refractivity contribution in [2.24, 2.45) is 5.92 Å². The highest BCUT2D eigenvalue weighted by atomic mass is 32.1. The zero-order valence-electron chi connectivity index (χ0n) is 19.1. The second-order valence-corrected chi connectivity index (χ2v) is 8.49. The van der Waals surface area contributed by atoms with E-state index < -0.39 is 11.6 Å². The maximum absolute atomic E-state index is 13.9. The number of aryl methyl sites for hydroxylation is 3. The lowest BCUT2D eigenvalue weighted by Gasteiger charge is -2.36. The number of rotatable bonds is 6. The number of carbonyl (C=O) groups excluding carboxylic acids is 1.